The number of aryl methyl sites for hydroxylation is 1. The molecule has 108 valence electrons. The van der Waals surface area contributed by atoms with Crippen molar-refractivity contribution in [3.05, 3.63) is 17.5 Å². The number of nitrogens with zero attached hydrogens (tertiary/aromatic N) is 1. The summed E-state index contributed by atoms with van der Waals surface area (Å²) in [5, 5.41) is 11.3. The van der Waals surface area contributed by atoms with Crippen molar-refractivity contribution in [2.75, 3.05) is 5.75 Å². The molecule has 0 aromatic carbocycles. The molecule has 3 N–H and O–H groups in total. The largest absolute Gasteiger partial charge is 0.359 e. The third kappa shape index (κ3) is 6.92. The Hall–Kier alpha value is -1.41. The van der Waals surface area contributed by atoms with Crippen molar-refractivity contribution in [2.24, 2.45) is 5.14 Å². The van der Waals surface area contributed by atoms with Gasteiger partial charge in [0.05, 0.1) is 18.0 Å². The number of aromatic nitrogens is 1. The molecular formula is C11H19N3O4S. The van der Waals surface area contributed by atoms with Crippen LogP contribution in [0.15, 0.2) is 10.6 Å². The molecule has 0 spiro atoms. The summed E-state index contributed by atoms with van der Waals surface area (Å²) >= 11 is 0. The average Bonchev–Trinajstić information content (AvgIpc) is 2.73. The SMILES string of the molecule is CCCc1cc(CNC(=O)CCCS(N)(=O)=O)on1. The Morgan fingerprint density at radius 2 is 2.26 bits per heavy atom. The van der Waals surface area contributed by atoms with E-state index >= 15 is 0 Å². The number of hydrogen-bond donors (Lipinski definition) is 2. The number of nitrogens with one attached hydrogen (secondary N) is 1. The average molecular weight is 289 g/mol. The number of carbonyl (C=O) groups excluding carboxylic acids is 1. The first-order chi connectivity index (χ1) is 8.90. The van der Waals surface area contributed by atoms with Gasteiger partial charge in [-0.05, 0) is 12.8 Å². The summed E-state index contributed by atoms with van der Waals surface area (Å²) < 4.78 is 26.4. The maximum absolute atomic E-state index is 11.4. The first-order valence-corrected chi connectivity index (χ1v) is 7.84. The number of rotatable bonds is 8. The van der Waals surface area contributed by atoms with E-state index in [1.165, 1.54) is 0 Å². The number of sulfonamides is 1. The Morgan fingerprint density at radius 3 is 2.89 bits per heavy atom. The predicted molar refractivity (Wildman–Crippen MR) is 69.6 cm³/mol. The molecule has 0 bridgehead atoms. The fraction of sp³-hybridized carbons (Fsp3) is 0.636. The molecule has 1 rings (SSSR count). The topological polar surface area (TPSA) is 115 Å². The Labute approximate surface area is 112 Å². The molecule has 0 radical (unpaired) electrons. The van der Waals surface area contributed by atoms with Gasteiger partial charge in [-0.2, -0.15) is 0 Å². The zero-order valence-electron chi connectivity index (χ0n) is 10.9. The minimum atomic E-state index is -3.50. The van der Waals surface area contributed by atoms with Crippen LogP contribution in [0.5, 0.6) is 0 Å². The zero-order chi connectivity index (χ0) is 14.3. The van der Waals surface area contributed by atoms with Crippen molar-refractivity contribution in [1.29, 1.82) is 0 Å². The molecule has 1 amide bonds. The molecule has 0 saturated carbocycles. The molecular weight excluding hydrogens is 270 g/mol. The van der Waals surface area contributed by atoms with Crippen molar-refractivity contribution in [3.63, 3.8) is 0 Å². The van der Waals surface area contributed by atoms with E-state index in [0.717, 1.165) is 18.5 Å². The van der Waals surface area contributed by atoms with Gasteiger partial charge >= 0.3 is 0 Å². The fourth-order valence-corrected chi connectivity index (χ4v) is 2.07. The second kappa shape index (κ2) is 7.25. The zero-order valence-corrected chi connectivity index (χ0v) is 11.7. The van der Waals surface area contributed by atoms with Gasteiger partial charge in [0, 0.05) is 12.5 Å². The molecule has 0 aliphatic heterocycles. The smallest absolute Gasteiger partial charge is 0.220 e. The normalized spacial score (nSPS) is 11.5. The highest BCUT2D eigenvalue weighted by atomic mass is 32.2. The second-order valence-electron chi connectivity index (χ2n) is 4.28. The van der Waals surface area contributed by atoms with Gasteiger partial charge in [-0.25, -0.2) is 13.6 Å². The lowest BCUT2D eigenvalue weighted by Gasteiger charge is -2.01. The van der Waals surface area contributed by atoms with E-state index in [0.29, 0.717) is 5.76 Å². The van der Waals surface area contributed by atoms with Gasteiger partial charge in [0.2, 0.25) is 15.9 Å². The van der Waals surface area contributed by atoms with E-state index in [-0.39, 0.29) is 31.0 Å². The molecule has 0 aliphatic carbocycles. The van der Waals surface area contributed by atoms with E-state index in [2.05, 4.69) is 10.5 Å². The highest BCUT2D eigenvalue weighted by Crippen LogP contribution is 2.05. The standard InChI is InChI=1S/C11H19N3O4S/c1-2-4-9-7-10(18-14-9)8-13-11(15)5-3-6-19(12,16)17/h7H,2-6,8H2,1H3,(H,13,15)(H2,12,16,17). The van der Waals surface area contributed by atoms with Gasteiger partial charge < -0.3 is 9.84 Å². The summed E-state index contributed by atoms with van der Waals surface area (Å²) in [6.45, 7) is 2.30. The van der Waals surface area contributed by atoms with Crippen molar-refractivity contribution in [2.45, 2.75) is 39.2 Å². The molecule has 1 heterocycles. The highest BCUT2D eigenvalue weighted by Gasteiger charge is 2.08. The Balaban J connectivity index is 2.25. The molecule has 0 saturated heterocycles. The maximum Gasteiger partial charge on any atom is 0.220 e. The van der Waals surface area contributed by atoms with E-state index in [1.807, 2.05) is 6.92 Å². The molecule has 0 fully saturated rings. The second-order valence-corrected chi connectivity index (χ2v) is 6.02. The molecule has 19 heavy (non-hydrogen) atoms. The number of carbonyl (C=O) groups is 1. The summed E-state index contributed by atoms with van der Waals surface area (Å²) in [6.07, 6.45) is 2.15. The summed E-state index contributed by atoms with van der Waals surface area (Å²) in [4.78, 5) is 11.4. The molecule has 0 atom stereocenters. The molecule has 7 nitrogen and oxygen atoms in total. The summed E-state index contributed by atoms with van der Waals surface area (Å²) in [7, 11) is -3.50. The van der Waals surface area contributed by atoms with Gasteiger partial charge in [0.15, 0.2) is 5.76 Å². The fourth-order valence-electron chi connectivity index (χ4n) is 1.52. The Morgan fingerprint density at radius 1 is 1.53 bits per heavy atom. The van der Waals surface area contributed by atoms with Crippen molar-refractivity contribution < 1.29 is 17.7 Å². The van der Waals surface area contributed by atoms with Crippen LogP contribution in [0.2, 0.25) is 0 Å². The first-order valence-electron chi connectivity index (χ1n) is 6.12. The molecule has 0 aliphatic rings. The van der Waals surface area contributed by atoms with Crippen LogP contribution in [0.1, 0.15) is 37.6 Å². The lowest BCUT2D eigenvalue weighted by molar-refractivity contribution is -0.121. The molecule has 0 unspecified atom stereocenters. The van der Waals surface area contributed by atoms with Crippen LogP contribution in [0.3, 0.4) is 0 Å². The number of hydrogen-bond acceptors (Lipinski definition) is 5. The van der Waals surface area contributed by atoms with Crippen LogP contribution in [0.4, 0.5) is 0 Å². The minimum Gasteiger partial charge on any atom is -0.359 e. The van der Waals surface area contributed by atoms with Gasteiger partial charge in [-0.3, -0.25) is 4.79 Å². The summed E-state index contributed by atoms with van der Waals surface area (Å²) in [6, 6.07) is 1.80. The van der Waals surface area contributed by atoms with Crippen LogP contribution in [0, 0.1) is 0 Å². The van der Waals surface area contributed by atoms with E-state index in [9.17, 15) is 13.2 Å². The van der Waals surface area contributed by atoms with Crippen molar-refractivity contribution in [1.82, 2.24) is 10.5 Å². The lowest BCUT2D eigenvalue weighted by atomic mass is 10.2. The number of amides is 1. The van der Waals surface area contributed by atoms with Gasteiger partial charge in [-0.15, -0.1) is 0 Å². The van der Waals surface area contributed by atoms with E-state index in [1.54, 1.807) is 6.07 Å². The molecule has 1 aromatic rings. The third-order valence-corrected chi connectivity index (χ3v) is 3.26. The molecule has 1 aromatic heterocycles. The van der Waals surface area contributed by atoms with E-state index in [4.69, 9.17) is 9.66 Å². The number of nitrogens with two attached hydrogens (primary N) is 1. The number of primary sulfonamides is 1. The summed E-state index contributed by atoms with van der Waals surface area (Å²) in [5.41, 5.74) is 0.862. The van der Waals surface area contributed by atoms with E-state index < -0.39 is 10.0 Å². The predicted octanol–water partition coefficient (Wildman–Crippen LogP) is 0.312. The minimum absolute atomic E-state index is 0.117. The van der Waals surface area contributed by atoms with Crippen molar-refractivity contribution in [3.8, 4) is 0 Å². The van der Waals surface area contributed by atoms with Crippen LogP contribution >= 0.6 is 0 Å². The van der Waals surface area contributed by atoms with Crippen LogP contribution in [0.25, 0.3) is 0 Å². The lowest BCUT2D eigenvalue weighted by Crippen LogP contribution is -2.24. The summed E-state index contributed by atoms with van der Waals surface area (Å²) in [5.74, 6) is 0.156. The maximum atomic E-state index is 11.4. The van der Waals surface area contributed by atoms with Crippen LogP contribution in [-0.4, -0.2) is 25.2 Å². The Bertz CT molecular complexity index is 510. The first kappa shape index (κ1) is 15.6. The third-order valence-electron chi connectivity index (χ3n) is 2.41. The van der Waals surface area contributed by atoms with Crippen molar-refractivity contribution >= 4 is 15.9 Å². The van der Waals surface area contributed by atoms with Gasteiger partial charge in [-0.1, -0.05) is 18.5 Å². The van der Waals surface area contributed by atoms with Gasteiger partial charge in [0.25, 0.3) is 0 Å². The van der Waals surface area contributed by atoms with Gasteiger partial charge in [0.1, 0.15) is 0 Å². The Kier molecular flexibility index (Phi) is 5.97. The molecule has 8 heteroatoms. The highest BCUT2D eigenvalue weighted by molar-refractivity contribution is 7.89. The monoisotopic (exact) mass is 289 g/mol. The van der Waals surface area contributed by atoms with Crippen LogP contribution in [-0.2, 0) is 27.8 Å². The van der Waals surface area contributed by atoms with Crippen LogP contribution < -0.4 is 10.5 Å². The quantitative estimate of drug-likeness (QED) is 0.714.